The van der Waals surface area contributed by atoms with Crippen LogP contribution in [0.5, 0.6) is 0 Å². The summed E-state index contributed by atoms with van der Waals surface area (Å²) in [4.78, 5) is 23.3. The Kier molecular flexibility index (Phi) is 5.68. The number of hydrogen-bond acceptors (Lipinski definition) is 3. The second kappa shape index (κ2) is 7.93. The van der Waals surface area contributed by atoms with Gasteiger partial charge >= 0.3 is 0 Å². The molecule has 6 heteroatoms. The number of carbonyl (C=O) groups excluding carboxylic acids is 2. The van der Waals surface area contributed by atoms with Gasteiger partial charge in [0.25, 0.3) is 0 Å². The molecule has 0 aliphatic rings. The molecule has 0 bridgehead atoms. The summed E-state index contributed by atoms with van der Waals surface area (Å²) in [5.41, 5.74) is 1.43. The third-order valence-corrected chi connectivity index (χ3v) is 3.06. The summed E-state index contributed by atoms with van der Waals surface area (Å²) in [6.45, 7) is 1.70. The van der Waals surface area contributed by atoms with Crippen LogP contribution in [-0.2, 0) is 9.59 Å². The minimum atomic E-state index is -0.412. The number of nitrogens with one attached hydrogen (secondary N) is 3. The quantitative estimate of drug-likeness (QED) is 0.766. The fourth-order valence-corrected chi connectivity index (χ4v) is 1.91. The lowest BCUT2D eigenvalue weighted by Gasteiger charge is -2.10. The van der Waals surface area contributed by atoms with Gasteiger partial charge in [-0.1, -0.05) is 25.1 Å². The van der Waals surface area contributed by atoms with Crippen molar-refractivity contribution in [1.82, 2.24) is 0 Å². The lowest BCUT2D eigenvalue weighted by molar-refractivity contribution is -0.116. The van der Waals surface area contributed by atoms with E-state index >= 15 is 0 Å². The van der Waals surface area contributed by atoms with E-state index in [-0.39, 0.29) is 24.0 Å². The zero-order valence-electron chi connectivity index (χ0n) is 12.7. The normalized spacial score (nSPS) is 10.0. The zero-order chi connectivity index (χ0) is 16.7. The fourth-order valence-electron chi connectivity index (χ4n) is 1.91. The van der Waals surface area contributed by atoms with E-state index in [0.717, 1.165) is 0 Å². The smallest absolute Gasteiger partial charge is 0.243 e. The Morgan fingerprint density at radius 1 is 0.957 bits per heavy atom. The molecule has 0 aliphatic heterocycles. The average Bonchev–Trinajstić information content (AvgIpc) is 2.54. The first kappa shape index (κ1) is 16.5. The van der Waals surface area contributed by atoms with Gasteiger partial charge in [0.05, 0.1) is 12.2 Å². The summed E-state index contributed by atoms with van der Waals surface area (Å²) in [5.74, 6) is -0.827. The Morgan fingerprint density at radius 3 is 2.26 bits per heavy atom. The summed E-state index contributed by atoms with van der Waals surface area (Å²) in [6.07, 6.45) is 0.378. The molecule has 23 heavy (non-hydrogen) atoms. The largest absolute Gasteiger partial charge is 0.374 e. The minimum absolute atomic E-state index is 0.0630. The first-order chi connectivity index (χ1) is 11.1. The molecule has 2 rings (SSSR count). The molecule has 0 saturated heterocycles. The molecule has 5 nitrogen and oxygen atoms in total. The zero-order valence-corrected chi connectivity index (χ0v) is 12.7. The van der Waals surface area contributed by atoms with Crippen LogP contribution >= 0.6 is 0 Å². The lowest BCUT2D eigenvalue weighted by Crippen LogP contribution is -2.22. The fraction of sp³-hybridized carbons (Fsp3) is 0.176. The third kappa shape index (κ3) is 5.10. The third-order valence-electron chi connectivity index (χ3n) is 3.06. The second-order valence-corrected chi connectivity index (χ2v) is 4.86. The minimum Gasteiger partial charge on any atom is -0.374 e. The van der Waals surface area contributed by atoms with Gasteiger partial charge in [-0.15, -0.1) is 0 Å². The van der Waals surface area contributed by atoms with Crippen LogP contribution in [0.3, 0.4) is 0 Å². The molecule has 3 N–H and O–H groups in total. The van der Waals surface area contributed by atoms with Gasteiger partial charge < -0.3 is 16.0 Å². The van der Waals surface area contributed by atoms with Crippen molar-refractivity contribution in [2.24, 2.45) is 0 Å². The first-order valence-corrected chi connectivity index (χ1v) is 7.26. The number of amides is 2. The Bertz CT molecular complexity index is 704. The van der Waals surface area contributed by atoms with E-state index in [1.165, 1.54) is 6.07 Å². The Balaban J connectivity index is 1.91. The molecule has 2 aromatic rings. The Morgan fingerprint density at radius 2 is 1.61 bits per heavy atom. The van der Waals surface area contributed by atoms with Crippen LogP contribution in [0.15, 0.2) is 48.5 Å². The van der Waals surface area contributed by atoms with Crippen molar-refractivity contribution in [2.75, 3.05) is 22.5 Å². The van der Waals surface area contributed by atoms with Crippen LogP contribution in [-0.4, -0.2) is 18.4 Å². The van der Waals surface area contributed by atoms with Gasteiger partial charge in [0.15, 0.2) is 0 Å². The van der Waals surface area contributed by atoms with Gasteiger partial charge in [0.1, 0.15) is 5.82 Å². The average molecular weight is 315 g/mol. The maximum atomic E-state index is 13.4. The molecule has 0 heterocycles. The van der Waals surface area contributed by atoms with Crippen LogP contribution in [0, 0.1) is 5.82 Å². The van der Waals surface area contributed by atoms with E-state index in [1.54, 1.807) is 49.4 Å². The molecule has 0 atom stereocenters. The summed E-state index contributed by atoms with van der Waals surface area (Å²) in [7, 11) is 0. The van der Waals surface area contributed by atoms with E-state index in [1.807, 2.05) is 0 Å². The monoisotopic (exact) mass is 315 g/mol. The highest BCUT2D eigenvalue weighted by atomic mass is 19.1. The SMILES string of the molecule is CCC(=O)Nc1cccc(NC(=O)CNc2ccccc2F)c1. The molecule has 0 aliphatic carbocycles. The van der Waals surface area contributed by atoms with Crippen molar-refractivity contribution in [2.45, 2.75) is 13.3 Å². The van der Waals surface area contributed by atoms with Crippen LogP contribution < -0.4 is 16.0 Å². The van der Waals surface area contributed by atoms with Gasteiger partial charge in [-0.25, -0.2) is 4.39 Å². The van der Waals surface area contributed by atoms with Gasteiger partial charge in [-0.3, -0.25) is 9.59 Å². The molecule has 0 unspecified atom stereocenters. The van der Waals surface area contributed by atoms with E-state index in [0.29, 0.717) is 17.8 Å². The Hall–Kier alpha value is -2.89. The number of anilines is 3. The number of rotatable bonds is 6. The van der Waals surface area contributed by atoms with Crippen molar-refractivity contribution in [1.29, 1.82) is 0 Å². The number of para-hydroxylation sites is 1. The number of benzene rings is 2. The van der Waals surface area contributed by atoms with Crippen LogP contribution in [0.1, 0.15) is 13.3 Å². The van der Waals surface area contributed by atoms with Crippen molar-refractivity contribution in [3.8, 4) is 0 Å². The van der Waals surface area contributed by atoms with E-state index in [2.05, 4.69) is 16.0 Å². The van der Waals surface area contributed by atoms with Crippen LogP contribution in [0.2, 0.25) is 0 Å². The predicted molar refractivity (Wildman–Crippen MR) is 88.9 cm³/mol. The van der Waals surface area contributed by atoms with Gasteiger partial charge in [0.2, 0.25) is 11.8 Å². The summed E-state index contributed by atoms with van der Waals surface area (Å²) >= 11 is 0. The van der Waals surface area contributed by atoms with Gasteiger partial charge in [0, 0.05) is 17.8 Å². The Labute approximate surface area is 133 Å². The molecular weight excluding hydrogens is 297 g/mol. The number of halogens is 1. The predicted octanol–water partition coefficient (Wildman–Crippen LogP) is 3.22. The van der Waals surface area contributed by atoms with Crippen molar-refractivity contribution < 1.29 is 14.0 Å². The lowest BCUT2D eigenvalue weighted by atomic mass is 10.2. The van der Waals surface area contributed by atoms with E-state index < -0.39 is 5.82 Å². The van der Waals surface area contributed by atoms with Crippen molar-refractivity contribution in [3.05, 3.63) is 54.3 Å². The molecule has 0 spiro atoms. The molecule has 0 fully saturated rings. The standard InChI is InChI=1S/C17H18FN3O2/c1-2-16(22)20-12-6-5-7-13(10-12)21-17(23)11-19-15-9-4-3-8-14(15)18/h3-10,19H,2,11H2,1H3,(H,20,22)(H,21,23). The topological polar surface area (TPSA) is 70.2 Å². The van der Waals surface area contributed by atoms with Crippen LogP contribution in [0.25, 0.3) is 0 Å². The molecule has 2 aromatic carbocycles. The summed E-state index contributed by atoms with van der Waals surface area (Å²) in [5, 5.41) is 8.14. The molecule has 2 amide bonds. The second-order valence-electron chi connectivity index (χ2n) is 4.86. The first-order valence-electron chi connectivity index (χ1n) is 7.26. The molecule has 120 valence electrons. The number of hydrogen-bond donors (Lipinski definition) is 3. The molecule has 0 radical (unpaired) electrons. The van der Waals surface area contributed by atoms with Gasteiger partial charge in [-0.2, -0.15) is 0 Å². The van der Waals surface area contributed by atoms with Gasteiger partial charge in [-0.05, 0) is 30.3 Å². The molecule has 0 saturated carbocycles. The maximum Gasteiger partial charge on any atom is 0.243 e. The summed E-state index contributed by atoms with van der Waals surface area (Å²) < 4.78 is 13.4. The van der Waals surface area contributed by atoms with E-state index in [4.69, 9.17) is 0 Å². The molecule has 0 aromatic heterocycles. The summed E-state index contributed by atoms with van der Waals surface area (Å²) in [6, 6.07) is 13.0. The highest BCUT2D eigenvalue weighted by Crippen LogP contribution is 2.16. The number of carbonyl (C=O) groups is 2. The van der Waals surface area contributed by atoms with Crippen molar-refractivity contribution in [3.63, 3.8) is 0 Å². The highest BCUT2D eigenvalue weighted by molar-refractivity contribution is 5.95. The van der Waals surface area contributed by atoms with Crippen LogP contribution in [0.4, 0.5) is 21.5 Å². The van der Waals surface area contributed by atoms with Crippen molar-refractivity contribution >= 4 is 28.9 Å². The maximum absolute atomic E-state index is 13.4. The van der Waals surface area contributed by atoms with E-state index in [9.17, 15) is 14.0 Å². The highest BCUT2D eigenvalue weighted by Gasteiger charge is 2.06. The molecular formula is C17H18FN3O2.